The molecule has 0 radical (unpaired) electrons. The first kappa shape index (κ1) is 13.8. The third-order valence-electron chi connectivity index (χ3n) is 2.15. The molecule has 0 heterocycles. The van der Waals surface area contributed by atoms with Crippen LogP contribution < -0.4 is 5.73 Å². The summed E-state index contributed by atoms with van der Waals surface area (Å²) >= 11 is 0. The van der Waals surface area contributed by atoms with Crippen LogP contribution in [0.25, 0.3) is 0 Å². The standard InChI is InChI=1S/C10H9F6N/c11-7-2-1-5(10(14,15)16)3-6(7)8(17)4-9(12)13/h1-3,8-9H,4,17H2/t8-/m1/s1. The van der Waals surface area contributed by atoms with Crippen molar-refractivity contribution in [1.82, 2.24) is 0 Å². The first-order chi connectivity index (χ1) is 7.71. The van der Waals surface area contributed by atoms with E-state index in [0.717, 1.165) is 0 Å². The zero-order valence-electron chi connectivity index (χ0n) is 8.44. The SMILES string of the molecule is N[C@H](CC(F)F)c1cc(C(F)(F)F)ccc1F. The summed E-state index contributed by atoms with van der Waals surface area (Å²) in [6.07, 6.45) is -8.36. The van der Waals surface area contributed by atoms with Crippen LogP contribution in [0.15, 0.2) is 18.2 Å². The third kappa shape index (κ3) is 3.62. The Hall–Kier alpha value is -1.24. The quantitative estimate of drug-likeness (QED) is 0.824. The number of halogens is 6. The Morgan fingerprint density at radius 1 is 1.18 bits per heavy atom. The van der Waals surface area contributed by atoms with Crippen LogP contribution in [-0.2, 0) is 6.18 Å². The first-order valence-corrected chi connectivity index (χ1v) is 4.62. The minimum Gasteiger partial charge on any atom is -0.324 e. The van der Waals surface area contributed by atoms with Gasteiger partial charge in [-0.15, -0.1) is 0 Å². The number of hydrogen-bond acceptors (Lipinski definition) is 1. The number of rotatable bonds is 3. The van der Waals surface area contributed by atoms with Gasteiger partial charge < -0.3 is 5.73 Å². The highest BCUT2D eigenvalue weighted by Gasteiger charge is 2.31. The van der Waals surface area contributed by atoms with Gasteiger partial charge in [-0.25, -0.2) is 13.2 Å². The van der Waals surface area contributed by atoms with Gasteiger partial charge in [-0.2, -0.15) is 13.2 Å². The topological polar surface area (TPSA) is 26.0 Å². The van der Waals surface area contributed by atoms with Crippen molar-refractivity contribution < 1.29 is 26.3 Å². The van der Waals surface area contributed by atoms with Crippen LogP contribution in [0.2, 0.25) is 0 Å². The Bertz CT molecular complexity index is 387. The first-order valence-electron chi connectivity index (χ1n) is 4.62. The lowest BCUT2D eigenvalue weighted by Gasteiger charge is -2.15. The summed E-state index contributed by atoms with van der Waals surface area (Å²) in [5, 5.41) is 0. The van der Waals surface area contributed by atoms with Crippen molar-refractivity contribution in [3.05, 3.63) is 35.1 Å². The Morgan fingerprint density at radius 2 is 1.76 bits per heavy atom. The summed E-state index contributed by atoms with van der Waals surface area (Å²) in [7, 11) is 0. The van der Waals surface area contributed by atoms with Crippen LogP contribution in [0, 0.1) is 5.82 Å². The molecule has 0 unspecified atom stereocenters. The number of hydrogen-bond donors (Lipinski definition) is 1. The monoisotopic (exact) mass is 257 g/mol. The Balaban J connectivity index is 3.06. The van der Waals surface area contributed by atoms with Gasteiger partial charge in [0.1, 0.15) is 5.82 Å². The molecule has 0 bridgehead atoms. The Labute approximate surface area is 93.2 Å². The van der Waals surface area contributed by atoms with E-state index >= 15 is 0 Å². The smallest absolute Gasteiger partial charge is 0.324 e. The largest absolute Gasteiger partial charge is 0.416 e. The summed E-state index contributed by atoms with van der Waals surface area (Å²) in [5.41, 5.74) is 3.55. The third-order valence-corrected chi connectivity index (χ3v) is 2.15. The fraction of sp³-hybridized carbons (Fsp3) is 0.400. The zero-order chi connectivity index (χ0) is 13.2. The maximum absolute atomic E-state index is 13.2. The van der Waals surface area contributed by atoms with Crippen molar-refractivity contribution in [2.24, 2.45) is 5.73 Å². The molecule has 0 fully saturated rings. The summed E-state index contributed by atoms with van der Waals surface area (Å²) in [4.78, 5) is 0. The molecule has 96 valence electrons. The highest BCUT2D eigenvalue weighted by Crippen LogP contribution is 2.32. The molecule has 2 N–H and O–H groups in total. The molecule has 1 aromatic carbocycles. The van der Waals surface area contributed by atoms with E-state index in [4.69, 9.17) is 5.73 Å². The molecule has 1 nitrogen and oxygen atoms in total. The van der Waals surface area contributed by atoms with Crippen LogP contribution in [0.4, 0.5) is 26.3 Å². The second kappa shape index (κ2) is 4.95. The van der Waals surface area contributed by atoms with E-state index in [1.165, 1.54) is 0 Å². The highest BCUT2D eigenvalue weighted by molar-refractivity contribution is 5.29. The molecule has 1 rings (SSSR count). The number of alkyl halides is 5. The highest BCUT2D eigenvalue weighted by atomic mass is 19.4. The fourth-order valence-corrected chi connectivity index (χ4v) is 1.32. The molecule has 0 aliphatic carbocycles. The maximum atomic E-state index is 13.2. The molecule has 0 saturated heterocycles. The van der Waals surface area contributed by atoms with Gasteiger partial charge in [-0.3, -0.25) is 0 Å². The molecule has 1 atom stereocenters. The van der Waals surface area contributed by atoms with Gasteiger partial charge >= 0.3 is 6.18 Å². The molecule has 0 aliphatic heterocycles. The predicted octanol–water partition coefficient (Wildman–Crippen LogP) is 3.50. The van der Waals surface area contributed by atoms with Crippen molar-refractivity contribution in [3.63, 3.8) is 0 Å². The van der Waals surface area contributed by atoms with E-state index in [0.29, 0.717) is 18.2 Å². The molecule has 0 spiro atoms. The van der Waals surface area contributed by atoms with Gasteiger partial charge in [0.15, 0.2) is 0 Å². The van der Waals surface area contributed by atoms with Gasteiger partial charge in [0.25, 0.3) is 0 Å². The molecule has 17 heavy (non-hydrogen) atoms. The average molecular weight is 257 g/mol. The molecular formula is C10H9F6N. The molecule has 1 aromatic rings. The van der Waals surface area contributed by atoms with Crippen molar-refractivity contribution in [3.8, 4) is 0 Å². The fourth-order valence-electron chi connectivity index (χ4n) is 1.32. The minimum atomic E-state index is -4.66. The van der Waals surface area contributed by atoms with Crippen molar-refractivity contribution in [2.75, 3.05) is 0 Å². The normalized spacial score (nSPS) is 14.1. The van der Waals surface area contributed by atoms with E-state index in [1.54, 1.807) is 0 Å². The maximum Gasteiger partial charge on any atom is 0.416 e. The van der Waals surface area contributed by atoms with E-state index in [-0.39, 0.29) is 0 Å². The van der Waals surface area contributed by atoms with Crippen LogP contribution in [0.1, 0.15) is 23.6 Å². The van der Waals surface area contributed by atoms with E-state index in [2.05, 4.69) is 0 Å². The van der Waals surface area contributed by atoms with Crippen LogP contribution in [-0.4, -0.2) is 6.43 Å². The van der Waals surface area contributed by atoms with Gasteiger partial charge in [-0.05, 0) is 18.2 Å². The lowest BCUT2D eigenvalue weighted by atomic mass is 10.0. The Kier molecular flexibility index (Phi) is 4.03. The van der Waals surface area contributed by atoms with Crippen molar-refractivity contribution >= 4 is 0 Å². The van der Waals surface area contributed by atoms with Gasteiger partial charge in [0.05, 0.1) is 5.56 Å². The second-order valence-electron chi connectivity index (χ2n) is 3.47. The lowest BCUT2D eigenvalue weighted by molar-refractivity contribution is -0.137. The molecule has 0 aliphatic rings. The van der Waals surface area contributed by atoms with Gasteiger partial charge in [0.2, 0.25) is 6.43 Å². The van der Waals surface area contributed by atoms with E-state index in [9.17, 15) is 26.3 Å². The molecule has 7 heteroatoms. The van der Waals surface area contributed by atoms with Crippen molar-refractivity contribution in [2.45, 2.75) is 25.1 Å². The van der Waals surface area contributed by atoms with E-state index < -0.39 is 42.0 Å². The Morgan fingerprint density at radius 3 is 2.24 bits per heavy atom. The zero-order valence-corrected chi connectivity index (χ0v) is 8.44. The summed E-state index contributed by atoms with van der Waals surface area (Å²) in [5.74, 6) is -1.02. The van der Waals surface area contributed by atoms with Crippen LogP contribution in [0.3, 0.4) is 0 Å². The number of nitrogens with two attached hydrogens (primary N) is 1. The van der Waals surface area contributed by atoms with Crippen molar-refractivity contribution in [1.29, 1.82) is 0 Å². The van der Waals surface area contributed by atoms with Gasteiger partial charge in [-0.1, -0.05) is 0 Å². The number of benzene rings is 1. The molecular weight excluding hydrogens is 248 g/mol. The molecule has 0 saturated carbocycles. The molecule has 0 amide bonds. The van der Waals surface area contributed by atoms with Crippen LogP contribution >= 0.6 is 0 Å². The summed E-state index contributed by atoms with van der Waals surface area (Å²) in [6.45, 7) is 0. The summed E-state index contributed by atoms with van der Waals surface area (Å²) < 4.78 is 74.1. The predicted molar refractivity (Wildman–Crippen MR) is 49.0 cm³/mol. The van der Waals surface area contributed by atoms with Crippen LogP contribution in [0.5, 0.6) is 0 Å². The molecule has 0 aromatic heterocycles. The van der Waals surface area contributed by atoms with Gasteiger partial charge in [0, 0.05) is 18.0 Å². The average Bonchev–Trinajstić information content (AvgIpc) is 2.15. The lowest BCUT2D eigenvalue weighted by Crippen LogP contribution is -2.17. The minimum absolute atomic E-state index is 0.461. The van der Waals surface area contributed by atoms with E-state index in [1.807, 2.05) is 0 Å². The summed E-state index contributed by atoms with van der Waals surface area (Å²) in [6, 6.07) is 0.108. The second-order valence-corrected chi connectivity index (χ2v) is 3.47.